The highest BCUT2D eigenvalue weighted by molar-refractivity contribution is 7.92. The second-order valence-corrected chi connectivity index (χ2v) is 5.53. The first-order chi connectivity index (χ1) is 7.54. The van der Waals surface area contributed by atoms with Gasteiger partial charge >= 0.3 is 0 Å². The molecule has 0 aromatic heterocycles. The zero-order valence-electron chi connectivity index (χ0n) is 8.92. The second kappa shape index (κ2) is 4.21. The molecule has 0 spiro atoms. The highest BCUT2D eigenvalue weighted by atomic mass is 32.2. The van der Waals surface area contributed by atoms with Gasteiger partial charge < -0.3 is 0 Å². The van der Waals surface area contributed by atoms with Crippen LogP contribution in [0.25, 0.3) is 0 Å². The van der Waals surface area contributed by atoms with Gasteiger partial charge in [0.1, 0.15) is 0 Å². The van der Waals surface area contributed by atoms with Crippen molar-refractivity contribution >= 4 is 15.7 Å². The highest BCUT2D eigenvalue weighted by Gasteiger charge is 2.14. The molecule has 16 heavy (non-hydrogen) atoms. The summed E-state index contributed by atoms with van der Waals surface area (Å²) in [7, 11) is -3.20. The lowest BCUT2D eigenvalue weighted by Gasteiger charge is -2.07. The molecule has 0 bridgehead atoms. The number of nitrogens with zero attached hydrogens (tertiary/aromatic N) is 2. The monoisotopic (exact) mass is 239 g/mol. The van der Waals surface area contributed by atoms with E-state index in [0.717, 1.165) is 24.8 Å². The lowest BCUT2D eigenvalue weighted by atomic mass is 10.1. The summed E-state index contributed by atoms with van der Waals surface area (Å²) in [5, 5.41) is 8.03. The molecule has 0 saturated heterocycles. The van der Waals surface area contributed by atoms with E-state index in [1.54, 1.807) is 12.1 Å². The van der Waals surface area contributed by atoms with Crippen molar-refractivity contribution in [1.29, 1.82) is 0 Å². The third-order valence-electron chi connectivity index (χ3n) is 2.32. The van der Waals surface area contributed by atoms with Crippen LogP contribution in [-0.4, -0.2) is 21.2 Å². The van der Waals surface area contributed by atoms with Gasteiger partial charge in [-0.05, 0) is 24.1 Å². The Kier molecular flexibility index (Phi) is 2.91. The van der Waals surface area contributed by atoms with Crippen molar-refractivity contribution in [3.8, 4) is 0 Å². The minimum Gasteiger partial charge on any atom is -0.284 e. The molecule has 0 saturated carbocycles. The van der Waals surface area contributed by atoms with Crippen molar-refractivity contribution in [2.45, 2.75) is 12.5 Å². The van der Waals surface area contributed by atoms with Gasteiger partial charge in [0.2, 0.25) is 10.0 Å². The SMILES string of the molecule is CS(=O)(=O)Nc1ccc(C2CCN=N2)cc1. The summed E-state index contributed by atoms with van der Waals surface area (Å²) < 4.78 is 24.4. The van der Waals surface area contributed by atoms with Crippen LogP contribution in [-0.2, 0) is 10.0 Å². The van der Waals surface area contributed by atoms with Crippen LogP contribution in [0.2, 0.25) is 0 Å². The maximum Gasteiger partial charge on any atom is 0.229 e. The van der Waals surface area contributed by atoms with E-state index in [-0.39, 0.29) is 6.04 Å². The van der Waals surface area contributed by atoms with E-state index in [9.17, 15) is 8.42 Å². The van der Waals surface area contributed by atoms with E-state index in [2.05, 4.69) is 15.0 Å². The summed E-state index contributed by atoms with van der Waals surface area (Å²) in [5.74, 6) is 0. The Labute approximate surface area is 94.6 Å². The predicted octanol–water partition coefficient (Wildman–Crippen LogP) is 1.96. The second-order valence-electron chi connectivity index (χ2n) is 3.78. The average molecular weight is 239 g/mol. The number of hydrogen-bond donors (Lipinski definition) is 1. The summed E-state index contributed by atoms with van der Waals surface area (Å²) in [6, 6.07) is 7.37. The molecule has 86 valence electrons. The Morgan fingerprint density at radius 3 is 2.50 bits per heavy atom. The van der Waals surface area contributed by atoms with E-state index in [4.69, 9.17) is 0 Å². The topological polar surface area (TPSA) is 70.9 Å². The van der Waals surface area contributed by atoms with Crippen LogP contribution < -0.4 is 4.72 Å². The summed E-state index contributed by atoms with van der Waals surface area (Å²) in [4.78, 5) is 0. The van der Waals surface area contributed by atoms with Crippen LogP contribution in [0.5, 0.6) is 0 Å². The Bertz CT molecular complexity index is 493. The molecule has 0 aliphatic carbocycles. The van der Waals surface area contributed by atoms with Gasteiger partial charge in [-0.1, -0.05) is 12.1 Å². The molecule has 1 atom stereocenters. The van der Waals surface area contributed by atoms with Crippen molar-refractivity contribution in [2.24, 2.45) is 10.2 Å². The van der Waals surface area contributed by atoms with Crippen LogP contribution in [0.15, 0.2) is 34.5 Å². The van der Waals surface area contributed by atoms with Gasteiger partial charge in [-0.3, -0.25) is 4.72 Å². The predicted molar refractivity (Wildman–Crippen MR) is 62.0 cm³/mol. The van der Waals surface area contributed by atoms with E-state index in [0.29, 0.717) is 5.69 Å². The minimum atomic E-state index is -3.20. The average Bonchev–Trinajstić information content (AvgIpc) is 2.69. The first-order valence-corrected chi connectivity index (χ1v) is 6.88. The van der Waals surface area contributed by atoms with E-state index >= 15 is 0 Å². The first-order valence-electron chi connectivity index (χ1n) is 4.99. The van der Waals surface area contributed by atoms with Gasteiger partial charge in [0.25, 0.3) is 0 Å². The lowest BCUT2D eigenvalue weighted by molar-refractivity contribution is 0.607. The molecule has 2 rings (SSSR count). The van der Waals surface area contributed by atoms with Gasteiger partial charge in [0, 0.05) is 5.69 Å². The van der Waals surface area contributed by atoms with E-state index in [1.807, 2.05) is 12.1 Å². The molecule has 1 aliphatic rings. The van der Waals surface area contributed by atoms with Gasteiger partial charge in [0.15, 0.2) is 0 Å². The van der Waals surface area contributed by atoms with Crippen molar-refractivity contribution in [2.75, 3.05) is 17.5 Å². The fourth-order valence-corrected chi connectivity index (χ4v) is 2.18. The maximum atomic E-state index is 11.0. The smallest absolute Gasteiger partial charge is 0.229 e. The summed E-state index contributed by atoms with van der Waals surface area (Å²) in [6.45, 7) is 0.772. The molecular formula is C10H13N3O2S. The molecule has 0 fully saturated rings. The normalized spacial score (nSPS) is 19.9. The quantitative estimate of drug-likeness (QED) is 0.875. The highest BCUT2D eigenvalue weighted by Crippen LogP contribution is 2.26. The van der Waals surface area contributed by atoms with Crippen molar-refractivity contribution in [3.63, 3.8) is 0 Å². The number of benzene rings is 1. The Hall–Kier alpha value is -1.43. The molecule has 1 unspecified atom stereocenters. The van der Waals surface area contributed by atoms with Crippen LogP contribution in [0.4, 0.5) is 5.69 Å². The third-order valence-corrected chi connectivity index (χ3v) is 2.93. The number of rotatable bonds is 3. The zero-order valence-corrected chi connectivity index (χ0v) is 9.74. The van der Waals surface area contributed by atoms with Crippen LogP contribution in [0.3, 0.4) is 0 Å². The summed E-state index contributed by atoms with van der Waals surface area (Å²) in [6.07, 6.45) is 2.06. The van der Waals surface area contributed by atoms with Crippen molar-refractivity contribution < 1.29 is 8.42 Å². The van der Waals surface area contributed by atoms with Gasteiger partial charge in [-0.25, -0.2) is 8.42 Å². The molecule has 1 heterocycles. The molecular weight excluding hydrogens is 226 g/mol. The molecule has 1 aromatic rings. The fourth-order valence-electron chi connectivity index (χ4n) is 1.61. The van der Waals surface area contributed by atoms with E-state index in [1.165, 1.54) is 0 Å². The molecule has 6 heteroatoms. The molecule has 1 N–H and O–H groups in total. The lowest BCUT2D eigenvalue weighted by Crippen LogP contribution is -2.09. The zero-order chi connectivity index (χ0) is 11.6. The molecule has 1 aromatic carbocycles. The Balaban J connectivity index is 2.13. The summed E-state index contributed by atoms with van der Waals surface area (Å²) >= 11 is 0. The van der Waals surface area contributed by atoms with Gasteiger partial charge in [0.05, 0.1) is 18.8 Å². The van der Waals surface area contributed by atoms with Crippen LogP contribution in [0, 0.1) is 0 Å². The number of sulfonamides is 1. The number of anilines is 1. The number of hydrogen-bond acceptors (Lipinski definition) is 4. The van der Waals surface area contributed by atoms with Crippen molar-refractivity contribution in [1.82, 2.24) is 0 Å². The van der Waals surface area contributed by atoms with Crippen LogP contribution in [0.1, 0.15) is 18.0 Å². The van der Waals surface area contributed by atoms with Crippen molar-refractivity contribution in [3.05, 3.63) is 29.8 Å². The standard InChI is InChI=1S/C10H13N3O2S/c1-16(14,15)13-9-4-2-8(3-5-9)10-6-7-11-12-10/h2-5,10,13H,6-7H2,1H3. The third kappa shape index (κ3) is 2.79. The largest absolute Gasteiger partial charge is 0.284 e. The van der Waals surface area contributed by atoms with Crippen LogP contribution >= 0.6 is 0 Å². The Morgan fingerprint density at radius 2 is 2.00 bits per heavy atom. The fraction of sp³-hybridized carbons (Fsp3) is 0.400. The molecule has 1 aliphatic heterocycles. The van der Waals surface area contributed by atoms with Gasteiger partial charge in [-0.15, -0.1) is 0 Å². The molecule has 0 radical (unpaired) electrons. The molecule has 5 nitrogen and oxygen atoms in total. The van der Waals surface area contributed by atoms with E-state index < -0.39 is 10.0 Å². The minimum absolute atomic E-state index is 0.132. The number of azo groups is 1. The maximum absolute atomic E-state index is 11.0. The number of nitrogens with one attached hydrogen (secondary N) is 1. The summed E-state index contributed by atoms with van der Waals surface area (Å²) in [5.41, 5.74) is 1.64. The van der Waals surface area contributed by atoms with Gasteiger partial charge in [-0.2, -0.15) is 10.2 Å². The first kappa shape index (κ1) is 11.1. The Morgan fingerprint density at radius 1 is 1.31 bits per heavy atom. The molecule has 0 amide bonds.